The second kappa shape index (κ2) is 7.35. The molecule has 0 bridgehead atoms. The smallest absolute Gasteiger partial charge is 0.322 e. The summed E-state index contributed by atoms with van der Waals surface area (Å²) in [5, 5.41) is 2.72. The maximum Gasteiger partial charge on any atom is 0.416 e. The summed E-state index contributed by atoms with van der Waals surface area (Å²) >= 11 is 5.78. The van der Waals surface area contributed by atoms with Crippen molar-refractivity contribution >= 4 is 23.2 Å². The average molecular weight is 410 g/mol. The minimum Gasteiger partial charge on any atom is -0.322 e. The fourth-order valence-electron chi connectivity index (χ4n) is 2.40. The summed E-state index contributed by atoms with van der Waals surface area (Å²) in [5.41, 5.74) is -2.68. The summed E-state index contributed by atoms with van der Waals surface area (Å²) in [6.45, 7) is 0. The fourth-order valence-corrected chi connectivity index (χ4v) is 2.53. The molecule has 0 saturated heterocycles. The van der Waals surface area contributed by atoms with E-state index in [0.29, 0.717) is 5.02 Å². The third kappa shape index (κ3) is 3.99. The fraction of sp³-hybridized carbons (Fsp3) is 0.0556. The third-order valence-corrected chi connectivity index (χ3v) is 4.03. The van der Waals surface area contributed by atoms with E-state index < -0.39 is 34.5 Å². The second-order valence-electron chi connectivity index (χ2n) is 5.65. The van der Waals surface area contributed by atoms with Crippen LogP contribution < -0.4 is 16.6 Å². The number of hydrogen-bond acceptors (Lipinski definition) is 3. The van der Waals surface area contributed by atoms with Crippen molar-refractivity contribution in [3.05, 3.63) is 91.7 Å². The molecule has 1 heterocycles. The maximum absolute atomic E-state index is 12.6. The van der Waals surface area contributed by atoms with Crippen molar-refractivity contribution in [2.75, 3.05) is 5.32 Å². The normalized spacial score (nSPS) is 11.3. The first-order chi connectivity index (χ1) is 13.2. The number of anilines is 1. The molecule has 0 radical (unpaired) electrons. The Kier molecular flexibility index (Phi) is 5.10. The van der Waals surface area contributed by atoms with Crippen LogP contribution >= 0.6 is 11.6 Å². The van der Waals surface area contributed by atoms with Gasteiger partial charge in [0.1, 0.15) is 5.56 Å². The zero-order valence-electron chi connectivity index (χ0n) is 13.9. The molecule has 0 aliphatic carbocycles. The van der Waals surface area contributed by atoms with Gasteiger partial charge in [-0.3, -0.25) is 9.59 Å². The highest BCUT2D eigenvalue weighted by molar-refractivity contribution is 6.30. The minimum atomic E-state index is -4.51. The number of benzene rings is 2. The van der Waals surface area contributed by atoms with E-state index in [1.54, 1.807) is 0 Å². The van der Waals surface area contributed by atoms with E-state index in [0.717, 1.165) is 35.0 Å². The molecular formula is C18H11ClF3N3O3. The van der Waals surface area contributed by atoms with Gasteiger partial charge in [-0.15, -0.1) is 0 Å². The van der Waals surface area contributed by atoms with Gasteiger partial charge >= 0.3 is 11.9 Å². The molecule has 1 amide bonds. The molecule has 2 N–H and O–H groups in total. The van der Waals surface area contributed by atoms with Crippen molar-refractivity contribution < 1.29 is 18.0 Å². The van der Waals surface area contributed by atoms with Gasteiger partial charge in [0.2, 0.25) is 0 Å². The number of rotatable bonds is 3. The predicted molar refractivity (Wildman–Crippen MR) is 97.1 cm³/mol. The molecule has 3 rings (SSSR count). The highest BCUT2D eigenvalue weighted by atomic mass is 35.5. The SMILES string of the molecule is O=C(Nc1ccc(C(F)(F)F)cc1)c1c[nH]c(=O)n(-c2ccc(Cl)cc2)c1=O. The molecule has 0 unspecified atom stereocenters. The summed E-state index contributed by atoms with van der Waals surface area (Å²) in [4.78, 5) is 39.3. The van der Waals surface area contributed by atoms with Gasteiger partial charge in [0.15, 0.2) is 0 Å². The number of hydrogen-bond donors (Lipinski definition) is 2. The molecule has 2 aromatic carbocycles. The highest BCUT2D eigenvalue weighted by Gasteiger charge is 2.30. The molecular weight excluding hydrogens is 399 g/mol. The van der Waals surface area contributed by atoms with Crippen LogP contribution in [0.3, 0.4) is 0 Å². The van der Waals surface area contributed by atoms with Gasteiger partial charge < -0.3 is 10.3 Å². The van der Waals surface area contributed by atoms with Crippen molar-refractivity contribution in [1.82, 2.24) is 9.55 Å². The van der Waals surface area contributed by atoms with E-state index in [4.69, 9.17) is 11.6 Å². The molecule has 0 aliphatic heterocycles. The molecule has 0 spiro atoms. The van der Waals surface area contributed by atoms with Crippen LogP contribution in [0.4, 0.5) is 18.9 Å². The Bertz CT molecular complexity index is 1130. The topological polar surface area (TPSA) is 84.0 Å². The molecule has 6 nitrogen and oxygen atoms in total. The summed E-state index contributed by atoms with van der Waals surface area (Å²) in [6.07, 6.45) is -3.57. The molecule has 0 aliphatic rings. The Labute approximate surface area is 160 Å². The maximum atomic E-state index is 12.6. The Hall–Kier alpha value is -3.33. The van der Waals surface area contributed by atoms with Crippen LogP contribution in [0, 0.1) is 0 Å². The van der Waals surface area contributed by atoms with E-state index in [1.165, 1.54) is 24.3 Å². The first kappa shape index (κ1) is 19.4. The van der Waals surface area contributed by atoms with Gasteiger partial charge in [0, 0.05) is 16.9 Å². The van der Waals surface area contributed by atoms with Gasteiger partial charge in [-0.25, -0.2) is 9.36 Å². The minimum absolute atomic E-state index is 0.0571. The number of nitrogens with one attached hydrogen (secondary N) is 2. The molecule has 0 atom stereocenters. The zero-order chi connectivity index (χ0) is 20.5. The average Bonchev–Trinajstić information content (AvgIpc) is 2.63. The largest absolute Gasteiger partial charge is 0.416 e. The second-order valence-corrected chi connectivity index (χ2v) is 6.09. The first-order valence-electron chi connectivity index (χ1n) is 7.76. The lowest BCUT2D eigenvalue weighted by Gasteiger charge is -2.10. The number of alkyl halides is 3. The molecule has 0 saturated carbocycles. The lowest BCUT2D eigenvalue weighted by atomic mass is 10.2. The van der Waals surface area contributed by atoms with E-state index in [2.05, 4.69) is 10.3 Å². The monoisotopic (exact) mass is 409 g/mol. The summed E-state index contributed by atoms with van der Waals surface area (Å²) < 4.78 is 38.5. The molecule has 1 aromatic heterocycles. The number of halogens is 4. The molecule has 0 fully saturated rings. The van der Waals surface area contributed by atoms with Crippen molar-refractivity contribution in [2.24, 2.45) is 0 Å². The Morgan fingerprint density at radius 3 is 2.18 bits per heavy atom. The number of carbonyl (C=O) groups excluding carboxylic acids is 1. The third-order valence-electron chi connectivity index (χ3n) is 3.78. The van der Waals surface area contributed by atoms with Crippen LogP contribution in [0.2, 0.25) is 5.02 Å². The molecule has 28 heavy (non-hydrogen) atoms. The standard InChI is InChI=1S/C18H11ClF3N3O3/c19-11-3-7-13(8-4-11)25-16(27)14(9-23-17(25)28)15(26)24-12-5-1-10(2-6-12)18(20,21)22/h1-9H,(H,23,28)(H,24,26). The van der Waals surface area contributed by atoms with Crippen molar-refractivity contribution in [2.45, 2.75) is 6.18 Å². The Morgan fingerprint density at radius 1 is 1.00 bits per heavy atom. The lowest BCUT2D eigenvalue weighted by molar-refractivity contribution is -0.137. The van der Waals surface area contributed by atoms with Crippen LogP contribution in [0.15, 0.2) is 64.3 Å². The molecule has 144 valence electrons. The number of aromatic amines is 1. The number of nitrogens with zero attached hydrogens (tertiary/aromatic N) is 1. The summed E-state index contributed by atoms with van der Waals surface area (Å²) in [5.74, 6) is -0.885. The van der Waals surface area contributed by atoms with Crippen LogP contribution in [-0.2, 0) is 6.18 Å². The lowest BCUT2D eigenvalue weighted by Crippen LogP contribution is -2.38. The van der Waals surface area contributed by atoms with Crippen LogP contribution in [0.5, 0.6) is 0 Å². The van der Waals surface area contributed by atoms with Crippen LogP contribution in [0.25, 0.3) is 5.69 Å². The number of amides is 1. The van der Waals surface area contributed by atoms with E-state index in [1.807, 2.05) is 0 Å². The van der Waals surface area contributed by atoms with Gasteiger partial charge in [-0.05, 0) is 48.5 Å². The molecule has 10 heteroatoms. The summed E-state index contributed by atoms with van der Waals surface area (Å²) in [6, 6.07) is 9.51. The van der Waals surface area contributed by atoms with Gasteiger partial charge in [0.05, 0.1) is 11.3 Å². The van der Waals surface area contributed by atoms with Crippen LogP contribution in [-0.4, -0.2) is 15.5 Å². The van der Waals surface area contributed by atoms with Crippen molar-refractivity contribution in [3.8, 4) is 5.69 Å². The van der Waals surface area contributed by atoms with Crippen molar-refractivity contribution in [1.29, 1.82) is 0 Å². The Balaban J connectivity index is 1.93. The van der Waals surface area contributed by atoms with Crippen molar-refractivity contribution in [3.63, 3.8) is 0 Å². The number of carbonyl (C=O) groups is 1. The molecule has 3 aromatic rings. The number of H-pyrrole nitrogens is 1. The van der Waals surface area contributed by atoms with Crippen LogP contribution in [0.1, 0.15) is 15.9 Å². The van der Waals surface area contributed by atoms with Gasteiger partial charge in [-0.2, -0.15) is 13.2 Å². The highest BCUT2D eigenvalue weighted by Crippen LogP contribution is 2.29. The van der Waals surface area contributed by atoms with Gasteiger partial charge in [-0.1, -0.05) is 11.6 Å². The number of aromatic nitrogens is 2. The van der Waals surface area contributed by atoms with E-state index in [9.17, 15) is 27.6 Å². The van der Waals surface area contributed by atoms with E-state index in [-0.39, 0.29) is 11.4 Å². The predicted octanol–water partition coefficient (Wildman–Crippen LogP) is 3.45. The van der Waals surface area contributed by atoms with Gasteiger partial charge in [0.25, 0.3) is 11.5 Å². The first-order valence-corrected chi connectivity index (χ1v) is 8.14. The summed E-state index contributed by atoms with van der Waals surface area (Å²) in [7, 11) is 0. The zero-order valence-corrected chi connectivity index (χ0v) is 14.6. The quantitative estimate of drug-likeness (QED) is 0.695. The van der Waals surface area contributed by atoms with E-state index >= 15 is 0 Å². The Morgan fingerprint density at radius 2 is 1.61 bits per heavy atom.